The summed E-state index contributed by atoms with van der Waals surface area (Å²) in [6.45, 7) is 13.9. The lowest BCUT2D eigenvalue weighted by Gasteiger charge is -2.38. The van der Waals surface area contributed by atoms with Crippen LogP contribution < -0.4 is 0 Å². The predicted octanol–water partition coefficient (Wildman–Crippen LogP) is 2.36. The fraction of sp³-hybridized carbons (Fsp3) is 0.667. The molecule has 0 spiro atoms. The molecule has 7 nitrogen and oxygen atoms in total. The second kappa shape index (κ2) is 8.24. The standard InChI is InChI=1S/C21H33N3O4S/c1-16-14-18(21(3,4)5)15-17(2)19(16)29(26,27)24-8-6-22(7-9-24)20(25)23-10-12-28-13-11-23/h14-15H,6-13H2,1-5H3. The van der Waals surface area contributed by atoms with E-state index in [4.69, 9.17) is 4.74 Å². The monoisotopic (exact) mass is 423 g/mol. The van der Waals surface area contributed by atoms with Crippen LogP contribution in [-0.2, 0) is 20.2 Å². The van der Waals surface area contributed by atoms with Gasteiger partial charge in [0.1, 0.15) is 0 Å². The van der Waals surface area contributed by atoms with Crippen molar-refractivity contribution >= 4 is 16.1 Å². The molecule has 2 heterocycles. The average molecular weight is 424 g/mol. The lowest BCUT2D eigenvalue weighted by Crippen LogP contribution is -2.55. The molecule has 2 saturated heterocycles. The van der Waals surface area contributed by atoms with E-state index in [1.54, 1.807) is 9.80 Å². The van der Waals surface area contributed by atoms with Gasteiger partial charge in [-0.3, -0.25) is 0 Å². The summed E-state index contributed by atoms with van der Waals surface area (Å²) >= 11 is 0. The maximum absolute atomic E-state index is 13.4. The number of rotatable bonds is 2. The summed E-state index contributed by atoms with van der Waals surface area (Å²) in [6, 6.07) is 3.95. The van der Waals surface area contributed by atoms with E-state index in [2.05, 4.69) is 20.8 Å². The first-order valence-corrected chi connectivity index (χ1v) is 11.7. The molecule has 2 aliphatic heterocycles. The van der Waals surface area contributed by atoms with Gasteiger partial charge in [-0.25, -0.2) is 13.2 Å². The third-order valence-electron chi connectivity index (χ3n) is 5.71. The van der Waals surface area contributed by atoms with E-state index in [0.29, 0.717) is 57.4 Å². The van der Waals surface area contributed by atoms with E-state index >= 15 is 0 Å². The molecular weight excluding hydrogens is 390 g/mol. The molecule has 0 radical (unpaired) electrons. The van der Waals surface area contributed by atoms with Crippen molar-refractivity contribution in [3.8, 4) is 0 Å². The highest BCUT2D eigenvalue weighted by Crippen LogP contribution is 2.31. The number of benzene rings is 1. The molecule has 0 bridgehead atoms. The normalized spacial score (nSPS) is 19.5. The molecule has 162 valence electrons. The van der Waals surface area contributed by atoms with E-state index in [9.17, 15) is 13.2 Å². The van der Waals surface area contributed by atoms with Gasteiger partial charge in [0.05, 0.1) is 18.1 Å². The average Bonchev–Trinajstić information content (AvgIpc) is 2.66. The number of ether oxygens (including phenoxy) is 1. The number of hydrogen-bond donors (Lipinski definition) is 0. The summed E-state index contributed by atoms with van der Waals surface area (Å²) in [5.41, 5.74) is 2.65. The van der Waals surface area contributed by atoms with Crippen molar-refractivity contribution in [3.63, 3.8) is 0 Å². The Morgan fingerprint density at radius 1 is 0.897 bits per heavy atom. The van der Waals surface area contributed by atoms with Crippen LogP contribution >= 0.6 is 0 Å². The van der Waals surface area contributed by atoms with Gasteiger partial charge < -0.3 is 14.5 Å². The van der Waals surface area contributed by atoms with Crippen molar-refractivity contribution in [3.05, 3.63) is 28.8 Å². The Labute approximate surface area is 174 Å². The van der Waals surface area contributed by atoms with Gasteiger partial charge in [-0.1, -0.05) is 32.9 Å². The zero-order valence-electron chi connectivity index (χ0n) is 18.2. The van der Waals surface area contributed by atoms with Gasteiger partial charge in [0.2, 0.25) is 10.0 Å². The molecular formula is C21H33N3O4S. The maximum Gasteiger partial charge on any atom is 0.320 e. The molecule has 0 aliphatic carbocycles. The smallest absolute Gasteiger partial charge is 0.320 e. The minimum absolute atomic E-state index is 0.0211. The molecule has 29 heavy (non-hydrogen) atoms. The Kier molecular flexibility index (Phi) is 6.27. The number of amides is 2. The molecule has 2 amide bonds. The number of morpholine rings is 1. The molecule has 3 rings (SSSR count). The van der Waals surface area contributed by atoms with Crippen LogP contribution in [0.2, 0.25) is 0 Å². The summed E-state index contributed by atoms with van der Waals surface area (Å²) in [5, 5.41) is 0. The number of urea groups is 1. The molecule has 0 saturated carbocycles. The second-order valence-corrected chi connectivity index (χ2v) is 10.8. The minimum Gasteiger partial charge on any atom is -0.378 e. The zero-order valence-corrected chi connectivity index (χ0v) is 19.0. The molecule has 1 aromatic rings. The predicted molar refractivity (Wildman–Crippen MR) is 113 cm³/mol. The number of aryl methyl sites for hydroxylation is 2. The molecule has 0 atom stereocenters. The van der Waals surface area contributed by atoms with Crippen LogP contribution in [0.3, 0.4) is 0 Å². The van der Waals surface area contributed by atoms with Crippen molar-refractivity contribution in [2.75, 3.05) is 52.5 Å². The highest BCUT2D eigenvalue weighted by atomic mass is 32.2. The van der Waals surface area contributed by atoms with Gasteiger partial charge in [0, 0.05) is 39.3 Å². The third-order valence-corrected chi connectivity index (χ3v) is 7.92. The van der Waals surface area contributed by atoms with Crippen LogP contribution in [-0.4, -0.2) is 81.0 Å². The van der Waals surface area contributed by atoms with Crippen LogP contribution in [0.5, 0.6) is 0 Å². The minimum atomic E-state index is -3.60. The quantitative estimate of drug-likeness (QED) is 0.732. The lowest BCUT2D eigenvalue weighted by atomic mass is 9.85. The Morgan fingerprint density at radius 2 is 1.38 bits per heavy atom. The summed E-state index contributed by atoms with van der Waals surface area (Å²) in [5.74, 6) is 0. The van der Waals surface area contributed by atoms with Gasteiger partial charge in [-0.15, -0.1) is 0 Å². The van der Waals surface area contributed by atoms with Gasteiger partial charge in [-0.2, -0.15) is 4.31 Å². The Bertz CT molecular complexity index is 839. The number of sulfonamides is 1. The largest absolute Gasteiger partial charge is 0.378 e. The van der Waals surface area contributed by atoms with Gasteiger partial charge in [-0.05, 0) is 36.0 Å². The molecule has 0 aromatic heterocycles. The van der Waals surface area contributed by atoms with Crippen molar-refractivity contribution in [1.82, 2.24) is 14.1 Å². The molecule has 2 fully saturated rings. The van der Waals surface area contributed by atoms with Crippen LogP contribution in [0, 0.1) is 13.8 Å². The van der Waals surface area contributed by atoms with Crippen LogP contribution in [0.15, 0.2) is 17.0 Å². The van der Waals surface area contributed by atoms with Crippen molar-refractivity contribution < 1.29 is 17.9 Å². The number of piperazine rings is 1. The number of nitrogens with zero attached hydrogens (tertiary/aromatic N) is 3. The van der Waals surface area contributed by atoms with Gasteiger partial charge in [0.15, 0.2) is 0 Å². The zero-order chi connectivity index (χ0) is 21.4. The van der Waals surface area contributed by atoms with E-state index < -0.39 is 10.0 Å². The molecule has 1 aromatic carbocycles. The highest BCUT2D eigenvalue weighted by molar-refractivity contribution is 7.89. The van der Waals surface area contributed by atoms with Crippen molar-refractivity contribution in [2.24, 2.45) is 0 Å². The lowest BCUT2D eigenvalue weighted by molar-refractivity contribution is 0.0405. The van der Waals surface area contributed by atoms with E-state index in [1.807, 2.05) is 26.0 Å². The fourth-order valence-electron chi connectivity index (χ4n) is 3.99. The fourth-order valence-corrected chi connectivity index (χ4v) is 5.83. The van der Waals surface area contributed by atoms with Gasteiger partial charge in [0.25, 0.3) is 0 Å². The Morgan fingerprint density at radius 3 is 1.86 bits per heavy atom. The summed E-state index contributed by atoms with van der Waals surface area (Å²) in [7, 11) is -3.60. The van der Waals surface area contributed by atoms with E-state index in [1.165, 1.54) is 4.31 Å². The van der Waals surface area contributed by atoms with Crippen LogP contribution in [0.25, 0.3) is 0 Å². The van der Waals surface area contributed by atoms with Crippen molar-refractivity contribution in [1.29, 1.82) is 0 Å². The molecule has 8 heteroatoms. The second-order valence-electron chi connectivity index (χ2n) is 8.96. The Hall–Kier alpha value is -1.64. The summed E-state index contributed by atoms with van der Waals surface area (Å²) < 4.78 is 33.5. The SMILES string of the molecule is Cc1cc(C(C)(C)C)cc(C)c1S(=O)(=O)N1CCN(C(=O)N2CCOCC2)CC1. The number of hydrogen-bond acceptors (Lipinski definition) is 4. The van der Waals surface area contributed by atoms with Gasteiger partial charge >= 0.3 is 6.03 Å². The van der Waals surface area contributed by atoms with Crippen LogP contribution in [0.1, 0.15) is 37.5 Å². The first-order valence-electron chi connectivity index (χ1n) is 10.3. The Balaban J connectivity index is 1.74. The van der Waals surface area contributed by atoms with Crippen molar-refractivity contribution in [2.45, 2.75) is 44.9 Å². The molecule has 0 unspecified atom stereocenters. The number of carbonyl (C=O) groups is 1. The van der Waals surface area contributed by atoms with E-state index in [0.717, 1.165) is 16.7 Å². The third kappa shape index (κ3) is 4.59. The first kappa shape index (κ1) is 22.1. The highest BCUT2D eigenvalue weighted by Gasteiger charge is 2.34. The van der Waals surface area contributed by atoms with E-state index in [-0.39, 0.29) is 11.4 Å². The topological polar surface area (TPSA) is 70.2 Å². The maximum atomic E-state index is 13.4. The number of carbonyl (C=O) groups excluding carboxylic acids is 1. The first-order chi connectivity index (χ1) is 13.5. The summed E-state index contributed by atoms with van der Waals surface area (Å²) in [6.07, 6.45) is 0. The summed E-state index contributed by atoms with van der Waals surface area (Å²) in [4.78, 5) is 16.6. The molecule has 2 aliphatic rings. The van der Waals surface area contributed by atoms with Crippen LogP contribution in [0.4, 0.5) is 4.79 Å². The molecule has 0 N–H and O–H groups in total.